The number of hydrogen-bond donors (Lipinski definition) is 1. The molecule has 0 aliphatic carbocycles. The summed E-state index contributed by atoms with van der Waals surface area (Å²) in [5, 5.41) is 1.04. The maximum Gasteiger partial charge on any atom is 0.144 e. The normalized spacial score (nSPS) is 11.0. The highest BCUT2D eigenvalue weighted by molar-refractivity contribution is 7.18. The number of ether oxygens (including phenoxy) is 2. The van der Waals surface area contributed by atoms with Crippen molar-refractivity contribution in [2.45, 2.75) is 20.3 Å². The Morgan fingerprint density at radius 1 is 1.28 bits per heavy atom. The molecule has 0 spiro atoms. The van der Waals surface area contributed by atoms with Gasteiger partial charge in [0.05, 0.1) is 27.5 Å². The predicted molar refractivity (Wildman–Crippen MR) is 75.4 cm³/mol. The number of thiazole rings is 1. The number of aromatic nitrogens is 1. The van der Waals surface area contributed by atoms with Crippen molar-refractivity contribution in [2.24, 2.45) is 0 Å². The van der Waals surface area contributed by atoms with E-state index in [9.17, 15) is 0 Å². The number of hydrogen-bond acceptors (Lipinski definition) is 5. The van der Waals surface area contributed by atoms with Gasteiger partial charge in [-0.05, 0) is 19.4 Å². The van der Waals surface area contributed by atoms with Crippen LogP contribution in [0, 0.1) is 6.92 Å². The monoisotopic (exact) mass is 266 g/mol. The molecule has 1 heterocycles. The molecule has 0 aliphatic rings. The van der Waals surface area contributed by atoms with Gasteiger partial charge in [-0.3, -0.25) is 0 Å². The zero-order chi connectivity index (χ0) is 13.0. The minimum Gasteiger partial charge on any atom is -0.489 e. The third kappa shape index (κ3) is 3.11. The number of aryl methyl sites for hydroxylation is 1. The first kappa shape index (κ1) is 13.1. The van der Waals surface area contributed by atoms with Crippen LogP contribution in [-0.2, 0) is 4.74 Å². The van der Waals surface area contributed by atoms with Crippen LogP contribution in [0.4, 0.5) is 5.69 Å². The smallest absolute Gasteiger partial charge is 0.144 e. The number of nitrogens with two attached hydrogens (primary N) is 1. The van der Waals surface area contributed by atoms with Gasteiger partial charge in [0.2, 0.25) is 0 Å². The van der Waals surface area contributed by atoms with Crippen molar-refractivity contribution >= 4 is 27.2 Å². The van der Waals surface area contributed by atoms with Crippen molar-refractivity contribution in [3.8, 4) is 5.75 Å². The van der Waals surface area contributed by atoms with E-state index in [2.05, 4.69) is 11.9 Å². The summed E-state index contributed by atoms with van der Waals surface area (Å²) in [6, 6.07) is 3.82. The van der Waals surface area contributed by atoms with E-state index < -0.39 is 0 Å². The van der Waals surface area contributed by atoms with Gasteiger partial charge in [0.15, 0.2) is 0 Å². The molecule has 5 heteroatoms. The summed E-state index contributed by atoms with van der Waals surface area (Å²) in [4.78, 5) is 4.42. The quantitative estimate of drug-likeness (QED) is 0.645. The molecule has 98 valence electrons. The van der Waals surface area contributed by atoms with Gasteiger partial charge in [-0.1, -0.05) is 6.92 Å². The summed E-state index contributed by atoms with van der Waals surface area (Å²) in [5.74, 6) is 0.688. The third-order valence-corrected chi connectivity index (χ3v) is 3.39. The molecule has 0 bridgehead atoms. The highest BCUT2D eigenvalue weighted by Gasteiger charge is 2.07. The average Bonchev–Trinajstić information content (AvgIpc) is 2.68. The standard InChI is InChI=1S/C13H18N2O2S/c1-3-4-16-5-6-17-12-8-11-13(7-10(12)14)18-9(2)15-11/h7-8H,3-6,14H2,1-2H3. The predicted octanol–water partition coefficient (Wildman–Crippen LogP) is 2.99. The molecule has 0 radical (unpaired) electrons. The molecule has 2 rings (SSSR count). The van der Waals surface area contributed by atoms with E-state index in [1.165, 1.54) is 0 Å². The fourth-order valence-electron chi connectivity index (χ4n) is 1.67. The maximum absolute atomic E-state index is 5.95. The first-order chi connectivity index (χ1) is 8.70. The largest absolute Gasteiger partial charge is 0.489 e. The number of nitrogen functional groups attached to an aromatic ring is 1. The lowest BCUT2D eigenvalue weighted by atomic mass is 10.3. The maximum atomic E-state index is 5.95. The molecule has 2 aromatic rings. The van der Waals surface area contributed by atoms with Crippen molar-refractivity contribution in [2.75, 3.05) is 25.6 Å². The second-order valence-electron chi connectivity index (χ2n) is 4.05. The van der Waals surface area contributed by atoms with Gasteiger partial charge in [-0.15, -0.1) is 11.3 Å². The third-order valence-electron chi connectivity index (χ3n) is 2.46. The van der Waals surface area contributed by atoms with Gasteiger partial charge in [0, 0.05) is 12.7 Å². The second-order valence-corrected chi connectivity index (χ2v) is 5.29. The second kappa shape index (κ2) is 6.02. The molecule has 0 saturated carbocycles. The number of benzene rings is 1. The van der Waals surface area contributed by atoms with Crippen molar-refractivity contribution in [1.82, 2.24) is 4.98 Å². The van der Waals surface area contributed by atoms with E-state index in [0.717, 1.165) is 28.3 Å². The Hall–Kier alpha value is -1.33. The van der Waals surface area contributed by atoms with E-state index in [4.69, 9.17) is 15.2 Å². The van der Waals surface area contributed by atoms with Crippen molar-refractivity contribution in [3.05, 3.63) is 17.1 Å². The van der Waals surface area contributed by atoms with E-state index in [-0.39, 0.29) is 0 Å². The van der Waals surface area contributed by atoms with Crippen LogP contribution in [0.1, 0.15) is 18.4 Å². The zero-order valence-corrected chi connectivity index (χ0v) is 11.5. The van der Waals surface area contributed by atoms with Crippen molar-refractivity contribution in [1.29, 1.82) is 0 Å². The topological polar surface area (TPSA) is 57.4 Å². The first-order valence-corrected chi connectivity index (χ1v) is 6.89. The molecule has 1 aromatic carbocycles. The summed E-state index contributed by atoms with van der Waals surface area (Å²) in [6.07, 6.45) is 1.02. The van der Waals surface area contributed by atoms with Crippen LogP contribution in [0.25, 0.3) is 10.2 Å². The lowest BCUT2D eigenvalue weighted by Gasteiger charge is -2.09. The molecule has 0 aliphatic heterocycles. The van der Waals surface area contributed by atoms with Crippen LogP contribution in [0.5, 0.6) is 5.75 Å². The lowest BCUT2D eigenvalue weighted by Crippen LogP contribution is -2.08. The van der Waals surface area contributed by atoms with Crippen LogP contribution in [-0.4, -0.2) is 24.8 Å². The minimum atomic E-state index is 0.513. The van der Waals surface area contributed by atoms with Crippen LogP contribution >= 0.6 is 11.3 Å². The van der Waals surface area contributed by atoms with Crippen molar-refractivity contribution < 1.29 is 9.47 Å². The minimum absolute atomic E-state index is 0.513. The Balaban J connectivity index is 2.01. The van der Waals surface area contributed by atoms with Crippen LogP contribution < -0.4 is 10.5 Å². The van der Waals surface area contributed by atoms with Gasteiger partial charge in [-0.25, -0.2) is 4.98 Å². The van der Waals surface area contributed by atoms with E-state index in [1.54, 1.807) is 11.3 Å². The summed E-state index contributed by atoms with van der Waals surface area (Å²) >= 11 is 1.64. The Morgan fingerprint density at radius 3 is 2.89 bits per heavy atom. The fourth-order valence-corrected chi connectivity index (χ4v) is 2.52. The number of fused-ring (bicyclic) bond motifs is 1. The van der Waals surface area contributed by atoms with Gasteiger partial charge in [0.1, 0.15) is 12.4 Å². The van der Waals surface area contributed by atoms with Crippen molar-refractivity contribution in [3.63, 3.8) is 0 Å². The average molecular weight is 266 g/mol. The van der Waals surface area contributed by atoms with Gasteiger partial charge >= 0.3 is 0 Å². The number of anilines is 1. The Bertz CT molecular complexity index is 525. The molecule has 0 unspecified atom stereocenters. The van der Waals surface area contributed by atoms with Crippen LogP contribution in [0.3, 0.4) is 0 Å². The fraction of sp³-hybridized carbons (Fsp3) is 0.462. The molecule has 0 saturated heterocycles. The molecule has 0 fully saturated rings. The Labute approximate surface area is 111 Å². The molecule has 1 aromatic heterocycles. The SMILES string of the molecule is CCCOCCOc1cc2nc(C)sc2cc1N. The number of rotatable bonds is 6. The number of nitrogens with zero attached hydrogens (tertiary/aromatic N) is 1. The highest BCUT2D eigenvalue weighted by Crippen LogP contribution is 2.31. The van der Waals surface area contributed by atoms with E-state index >= 15 is 0 Å². The van der Waals surface area contributed by atoms with Gasteiger partial charge in [0.25, 0.3) is 0 Å². The summed E-state index contributed by atoms with van der Waals surface area (Å²) in [5.41, 5.74) is 7.55. The zero-order valence-electron chi connectivity index (χ0n) is 10.7. The van der Waals surface area contributed by atoms with Gasteiger partial charge < -0.3 is 15.2 Å². The molecule has 2 N–H and O–H groups in total. The molecular formula is C13H18N2O2S. The van der Waals surface area contributed by atoms with Gasteiger partial charge in [-0.2, -0.15) is 0 Å². The summed E-state index contributed by atoms with van der Waals surface area (Å²) in [7, 11) is 0. The summed E-state index contributed by atoms with van der Waals surface area (Å²) < 4.78 is 12.1. The van der Waals surface area contributed by atoms with E-state index in [1.807, 2.05) is 19.1 Å². The Kier molecular flexibility index (Phi) is 4.38. The highest BCUT2D eigenvalue weighted by atomic mass is 32.1. The van der Waals surface area contributed by atoms with E-state index in [0.29, 0.717) is 24.7 Å². The lowest BCUT2D eigenvalue weighted by molar-refractivity contribution is 0.101. The Morgan fingerprint density at radius 2 is 2.11 bits per heavy atom. The molecule has 18 heavy (non-hydrogen) atoms. The van der Waals surface area contributed by atoms with Crippen LogP contribution in [0.15, 0.2) is 12.1 Å². The van der Waals surface area contributed by atoms with Crippen LogP contribution in [0.2, 0.25) is 0 Å². The molecule has 0 atom stereocenters. The molecule has 4 nitrogen and oxygen atoms in total. The summed E-state index contributed by atoms with van der Waals surface area (Å²) in [6.45, 7) is 5.93. The first-order valence-electron chi connectivity index (χ1n) is 6.08. The molecular weight excluding hydrogens is 248 g/mol. The molecule has 0 amide bonds.